The van der Waals surface area contributed by atoms with E-state index in [1.54, 1.807) is 0 Å². The summed E-state index contributed by atoms with van der Waals surface area (Å²) in [5.74, 6) is 1.89. The molecule has 0 aliphatic carbocycles. The molecule has 4 heterocycles. The van der Waals surface area contributed by atoms with Gasteiger partial charge in [0.05, 0.1) is 21.9 Å². The number of fused-ring (bicyclic) bond motifs is 10. The second-order valence-electron chi connectivity index (χ2n) is 11.2. The molecule has 0 bridgehead atoms. The number of aromatic nitrogens is 4. The Balaban J connectivity index is 1.35. The highest BCUT2D eigenvalue weighted by Crippen LogP contribution is 2.47. The Hall–Kier alpha value is -6.07. The average Bonchev–Trinajstić information content (AvgIpc) is 3.75. The SMILES string of the molecule is c1ccc(-c2nc(-c3ccccc3)nc(-c3cccc4oc5c(cc6c7ccccc7n7c8ccccc8c5c67)c34)n2)cc1. The Kier molecular flexibility index (Phi) is 4.66. The van der Waals surface area contributed by atoms with Crippen LogP contribution in [-0.4, -0.2) is 19.4 Å². The third-order valence-electron chi connectivity index (χ3n) is 8.77. The predicted molar refractivity (Wildman–Crippen MR) is 178 cm³/mol. The van der Waals surface area contributed by atoms with Crippen molar-refractivity contribution >= 4 is 60.0 Å². The van der Waals surface area contributed by atoms with Gasteiger partial charge in [0.1, 0.15) is 11.2 Å². The first-order valence-electron chi connectivity index (χ1n) is 14.7. The van der Waals surface area contributed by atoms with Crippen molar-refractivity contribution in [2.75, 3.05) is 0 Å². The van der Waals surface area contributed by atoms with Crippen LogP contribution in [0, 0.1) is 0 Å². The molecule has 0 fully saturated rings. The molecule has 0 aliphatic heterocycles. The lowest BCUT2D eigenvalue weighted by atomic mass is 10.0. The molecule has 204 valence electrons. The van der Waals surface area contributed by atoms with Gasteiger partial charge in [-0.15, -0.1) is 0 Å². The number of rotatable bonds is 3. The molecule has 0 radical (unpaired) electrons. The summed E-state index contributed by atoms with van der Waals surface area (Å²) in [5, 5.41) is 6.82. The Bertz CT molecular complexity index is 2650. The molecule has 6 aromatic carbocycles. The molecule has 0 amide bonds. The fourth-order valence-corrected chi connectivity index (χ4v) is 6.90. The van der Waals surface area contributed by atoms with Crippen molar-refractivity contribution in [3.8, 4) is 34.2 Å². The summed E-state index contributed by atoms with van der Waals surface area (Å²) in [6.07, 6.45) is 0. The molecule has 0 saturated carbocycles. The standard InChI is InChI=1S/C39H22N4O/c1-3-12-23(13-4-1)37-40-38(24-14-5-2-6-15-24)42-39(41-37)27-18-11-21-32-33(27)29-22-28-25-16-7-9-19-30(25)43-31-20-10-8-17-26(31)34(35(28)43)36(29)44-32/h1-22H. The second kappa shape index (κ2) is 8.72. The van der Waals surface area contributed by atoms with Gasteiger partial charge in [-0.3, -0.25) is 0 Å². The van der Waals surface area contributed by atoms with Gasteiger partial charge in [0.15, 0.2) is 17.5 Å². The van der Waals surface area contributed by atoms with Gasteiger partial charge in [-0.2, -0.15) is 0 Å². The smallest absolute Gasteiger partial charge is 0.164 e. The molecule has 0 spiro atoms. The van der Waals surface area contributed by atoms with E-state index in [0.717, 1.165) is 44.0 Å². The van der Waals surface area contributed by atoms with Crippen molar-refractivity contribution in [1.82, 2.24) is 19.4 Å². The highest BCUT2D eigenvalue weighted by atomic mass is 16.3. The Morgan fingerprint density at radius 1 is 0.455 bits per heavy atom. The van der Waals surface area contributed by atoms with Gasteiger partial charge >= 0.3 is 0 Å². The summed E-state index contributed by atoms with van der Waals surface area (Å²) >= 11 is 0. The third-order valence-corrected chi connectivity index (χ3v) is 8.77. The normalized spacial score (nSPS) is 12.1. The molecule has 0 N–H and O–H groups in total. The third kappa shape index (κ3) is 3.15. The number of hydrogen-bond donors (Lipinski definition) is 0. The van der Waals surface area contributed by atoms with Crippen LogP contribution in [0.5, 0.6) is 0 Å². The highest BCUT2D eigenvalue weighted by molar-refractivity contribution is 6.33. The van der Waals surface area contributed by atoms with E-state index in [0.29, 0.717) is 17.5 Å². The first-order chi connectivity index (χ1) is 21.8. The minimum absolute atomic E-state index is 0.616. The van der Waals surface area contributed by atoms with E-state index in [1.165, 1.54) is 32.7 Å². The first-order valence-corrected chi connectivity index (χ1v) is 14.7. The monoisotopic (exact) mass is 562 g/mol. The van der Waals surface area contributed by atoms with Crippen molar-refractivity contribution < 1.29 is 4.42 Å². The number of hydrogen-bond acceptors (Lipinski definition) is 4. The average molecular weight is 563 g/mol. The summed E-state index contributed by atoms with van der Waals surface area (Å²) < 4.78 is 9.16. The number of para-hydroxylation sites is 2. The van der Waals surface area contributed by atoms with Gasteiger partial charge in [-0.25, -0.2) is 15.0 Å². The lowest BCUT2D eigenvalue weighted by Gasteiger charge is -2.09. The van der Waals surface area contributed by atoms with Crippen molar-refractivity contribution in [1.29, 1.82) is 0 Å². The van der Waals surface area contributed by atoms with E-state index >= 15 is 0 Å². The van der Waals surface area contributed by atoms with Crippen LogP contribution in [0.1, 0.15) is 0 Å². The van der Waals surface area contributed by atoms with E-state index in [9.17, 15) is 0 Å². The van der Waals surface area contributed by atoms with Gasteiger partial charge in [0.2, 0.25) is 0 Å². The van der Waals surface area contributed by atoms with Crippen LogP contribution in [0.4, 0.5) is 0 Å². The van der Waals surface area contributed by atoms with E-state index in [-0.39, 0.29) is 0 Å². The molecule has 10 aromatic rings. The van der Waals surface area contributed by atoms with Crippen LogP contribution in [0.2, 0.25) is 0 Å². The maximum atomic E-state index is 6.78. The number of benzene rings is 6. The predicted octanol–water partition coefficient (Wildman–Crippen LogP) is 9.92. The van der Waals surface area contributed by atoms with Crippen molar-refractivity contribution in [3.05, 3.63) is 133 Å². The Morgan fingerprint density at radius 3 is 1.75 bits per heavy atom. The zero-order valence-corrected chi connectivity index (χ0v) is 23.4. The molecule has 0 saturated heterocycles. The van der Waals surface area contributed by atoms with Crippen molar-refractivity contribution in [2.45, 2.75) is 0 Å². The van der Waals surface area contributed by atoms with Crippen molar-refractivity contribution in [3.63, 3.8) is 0 Å². The van der Waals surface area contributed by atoms with Gasteiger partial charge in [0.25, 0.3) is 0 Å². The van der Waals surface area contributed by atoms with Crippen LogP contribution in [-0.2, 0) is 0 Å². The van der Waals surface area contributed by atoms with Crippen LogP contribution < -0.4 is 0 Å². The number of nitrogens with zero attached hydrogens (tertiary/aromatic N) is 4. The molecule has 0 unspecified atom stereocenters. The maximum absolute atomic E-state index is 6.78. The largest absolute Gasteiger partial charge is 0.455 e. The number of furan rings is 1. The lowest BCUT2D eigenvalue weighted by Crippen LogP contribution is -2.00. The van der Waals surface area contributed by atoms with Crippen LogP contribution in [0.3, 0.4) is 0 Å². The first kappa shape index (κ1) is 23.5. The van der Waals surface area contributed by atoms with E-state index < -0.39 is 0 Å². The second-order valence-corrected chi connectivity index (χ2v) is 11.2. The molecule has 0 atom stereocenters. The lowest BCUT2D eigenvalue weighted by molar-refractivity contribution is 0.673. The van der Waals surface area contributed by atoms with Gasteiger partial charge < -0.3 is 8.82 Å². The fraction of sp³-hybridized carbons (Fsp3) is 0. The summed E-state index contributed by atoms with van der Waals surface area (Å²) in [4.78, 5) is 15.0. The van der Waals surface area contributed by atoms with Gasteiger partial charge in [-0.05, 0) is 24.3 Å². The molecule has 5 nitrogen and oxygen atoms in total. The van der Waals surface area contributed by atoms with E-state index in [4.69, 9.17) is 19.4 Å². The topological polar surface area (TPSA) is 56.2 Å². The molecule has 0 aliphatic rings. The minimum Gasteiger partial charge on any atom is -0.455 e. The zero-order chi connectivity index (χ0) is 28.8. The van der Waals surface area contributed by atoms with Crippen LogP contribution in [0.25, 0.3) is 94.2 Å². The molecular weight excluding hydrogens is 540 g/mol. The molecule has 4 aromatic heterocycles. The van der Waals surface area contributed by atoms with E-state index in [1.807, 2.05) is 72.8 Å². The molecule has 5 heteroatoms. The zero-order valence-electron chi connectivity index (χ0n) is 23.4. The van der Waals surface area contributed by atoms with E-state index in [2.05, 4.69) is 65.1 Å². The molecule has 44 heavy (non-hydrogen) atoms. The quantitative estimate of drug-likeness (QED) is 0.215. The summed E-state index contributed by atoms with van der Waals surface area (Å²) in [7, 11) is 0. The minimum atomic E-state index is 0.616. The van der Waals surface area contributed by atoms with Gasteiger partial charge in [0, 0.05) is 43.6 Å². The summed E-state index contributed by atoms with van der Waals surface area (Å²) in [6, 6.07) is 45.9. The van der Waals surface area contributed by atoms with Crippen LogP contribution >= 0.6 is 0 Å². The molecule has 10 rings (SSSR count). The maximum Gasteiger partial charge on any atom is 0.164 e. The fourth-order valence-electron chi connectivity index (χ4n) is 6.90. The van der Waals surface area contributed by atoms with Gasteiger partial charge in [-0.1, -0.05) is 109 Å². The van der Waals surface area contributed by atoms with Crippen molar-refractivity contribution in [2.24, 2.45) is 0 Å². The molecular formula is C39H22N4O. The Morgan fingerprint density at radius 2 is 1.05 bits per heavy atom. The summed E-state index contributed by atoms with van der Waals surface area (Å²) in [5.41, 5.74) is 8.06. The Labute approximate surface area is 251 Å². The summed E-state index contributed by atoms with van der Waals surface area (Å²) in [6.45, 7) is 0. The highest BCUT2D eigenvalue weighted by Gasteiger charge is 2.24. The van der Waals surface area contributed by atoms with Crippen LogP contribution in [0.15, 0.2) is 138 Å².